The largest absolute Gasteiger partial charge is 0.396 e. The van der Waals surface area contributed by atoms with Crippen LogP contribution in [0.4, 0.5) is 5.69 Å². The zero-order valence-electron chi connectivity index (χ0n) is 12.6. The standard InChI is InChI=1S/C16H22N2O3/c1-11-3-4-14(9-12(11)2)17-15(20)16(21)18-7-5-13(10-19)6-8-18/h3-4,9,13,19H,5-8,10H2,1-2H3,(H,17,20). The molecule has 21 heavy (non-hydrogen) atoms. The van der Waals surface area contributed by atoms with Crippen molar-refractivity contribution in [3.05, 3.63) is 29.3 Å². The van der Waals surface area contributed by atoms with E-state index in [0.29, 0.717) is 18.8 Å². The summed E-state index contributed by atoms with van der Waals surface area (Å²) in [6, 6.07) is 5.58. The highest BCUT2D eigenvalue weighted by atomic mass is 16.3. The van der Waals surface area contributed by atoms with Crippen molar-refractivity contribution in [3.63, 3.8) is 0 Å². The summed E-state index contributed by atoms with van der Waals surface area (Å²) in [5.74, 6) is -0.845. The van der Waals surface area contributed by atoms with Crippen LogP contribution in [0.5, 0.6) is 0 Å². The quantitative estimate of drug-likeness (QED) is 0.810. The molecule has 0 saturated carbocycles. The average Bonchev–Trinajstić information content (AvgIpc) is 2.50. The van der Waals surface area contributed by atoms with Gasteiger partial charge in [-0.2, -0.15) is 0 Å². The van der Waals surface area contributed by atoms with Crippen molar-refractivity contribution in [1.29, 1.82) is 0 Å². The zero-order valence-corrected chi connectivity index (χ0v) is 12.6. The lowest BCUT2D eigenvalue weighted by Crippen LogP contribution is -2.44. The van der Waals surface area contributed by atoms with Gasteiger partial charge in [-0.15, -0.1) is 0 Å². The molecule has 2 N–H and O–H groups in total. The minimum absolute atomic E-state index is 0.150. The Kier molecular flexibility index (Phi) is 4.96. The van der Waals surface area contributed by atoms with Gasteiger partial charge in [-0.1, -0.05) is 6.07 Å². The fourth-order valence-corrected chi connectivity index (χ4v) is 2.47. The van der Waals surface area contributed by atoms with Crippen LogP contribution in [-0.4, -0.2) is 41.5 Å². The van der Waals surface area contributed by atoms with Gasteiger partial charge < -0.3 is 15.3 Å². The number of aryl methyl sites for hydroxylation is 2. The Labute approximate surface area is 125 Å². The molecule has 114 valence electrons. The molecule has 1 saturated heterocycles. The lowest BCUT2D eigenvalue weighted by molar-refractivity contribution is -0.144. The number of aliphatic hydroxyl groups is 1. The highest BCUT2D eigenvalue weighted by Crippen LogP contribution is 2.17. The second-order valence-electron chi connectivity index (χ2n) is 5.67. The van der Waals surface area contributed by atoms with Gasteiger partial charge in [-0.05, 0) is 55.9 Å². The highest BCUT2D eigenvalue weighted by molar-refractivity contribution is 6.39. The number of amides is 2. The number of carbonyl (C=O) groups is 2. The molecule has 0 spiro atoms. The Hall–Kier alpha value is -1.88. The van der Waals surface area contributed by atoms with E-state index in [2.05, 4.69) is 5.32 Å². The first-order chi connectivity index (χ1) is 10.0. The van der Waals surface area contributed by atoms with E-state index in [0.717, 1.165) is 24.0 Å². The molecule has 5 nitrogen and oxygen atoms in total. The van der Waals surface area contributed by atoms with Gasteiger partial charge in [0, 0.05) is 25.4 Å². The normalized spacial score (nSPS) is 15.9. The van der Waals surface area contributed by atoms with Crippen molar-refractivity contribution in [2.75, 3.05) is 25.0 Å². The van der Waals surface area contributed by atoms with Crippen molar-refractivity contribution in [1.82, 2.24) is 4.90 Å². The minimum atomic E-state index is -0.597. The third kappa shape index (κ3) is 3.82. The maximum absolute atomic E-state index is 12.1. The molecule has 5 heteroatoms. The summed E-state index contributed by atoms with van der Waals surface area (Å²) in [5.41, 5.74) is 2.86. The van der Waals surface area contributed by atoms with Gasteiger partial charge in [-0.3, -0.25) is 9.59 Å². The van der Waals surface area contributed by atoms with Crippen molar-refractivity contribution in [2.24, 2.45) is 5.92 Å². The van der Waals surface area contributed by atoms with Gasteiger partial charge in [0.05, 0.1) is 0 Å². The molecule has 1 aliphatic heterocycles. The number of anilines is 1. The molecule has 0 aliphatic carbocycles. The van der Waals surface area contributed by atoms with E-state index in [1.54, 1.807) is 11.0 Å². The highest BCUT2D eigenvalue weighted by Gasteiger charge is 2.26. The van der Waals surface area contributed by atoms with Crippen LogP contribution in [0.3, 0.4) is 0 Å². The third-order valence-corrected chi connectivity index (χ3v) is 4.12. The summed E-state index contributed by atoms with van der Waals surface area (Å²) in [6.07, 6.45) is 1.50. The van der Waals surface area contributed by atoms with Crippen LogP contribution in [0.1, 0.15) is 24.0 Å². The predicted octanol–water partition coefficient (Wildman–Crippen LogP) is 1.47. The molecule has 1 aliphatic rings. The molecule has 1 aromatic carbocycles. The summed E-state index contributed by atoms with van der Waals surface area (Å²) >= 11 is 0. The van der Waals surface area contributed by atoms with E-state index in [4.69, 9.17) is 5.11 Å². The summed E-state index contributed by atoms with van der Waals surface area (Å²) in [5, 5.41) is 11.7. The molecule has 0 atom stereocenters. The molecule has 2 rings (SSSR count). The number of hydrogen-bond donors (Lipinski definition) is 2. The molecule has 2 amide bonds. The molecular formula is C16H22N2O3. The summed E-state index contributed by atoms with van der Waals surface area (Å²) in [6.45, 7) is 5.18. The molecular weight excluding hydrogens is 268 g/mol. The number of nitrogens with one attached hydrogen (secondary N) is 1. The van der Waals surface area contributed by atoms with E-state index >= 15 is 0 Å². The van der Waals surface area contributed by atoms with Gasteiger partial charge in [-0.25, -0.2) is 0 Å². The van der Waals surface area contributed by atoms with Gasteiger partial charge >= 0.3 is 11.8 Å². The van der Waals surface area contributed by atoms with E-state index < -0.39 is 11.8 Å². The minimum Gasteiger partial charge on any atom is -0.396 e. The molecule has 1 fully saturated rings. The Bertz CT molecular complexity index is 534. The molecule has 0 bridgehead atoms. The number of nitrogens with zero attached hydrogens (tertiary/aromatic N) is 1. The summed E-state index contributed by atoms with van der Waals surface area (Å²) in [7, 11) is 0. The first-order valence-corrected chi connectivity index (χ1v) is 7.29. The lowest BCUT2D eigenvalue weighted by Gasteiger charge is -2.30. The van der Waals surface area contributed by atoms with Crippen LogP contribution in [-0.2, 0) is 9.59 Å². The molecule has 0 radical (unpaired) electrons. The van der Waals surface area contributed by atoms with E-state index in [1.807, 2.05) is 26.0 Å². The van der Waals surface area contributed by atoms with Gasteiger partial charge in [0.25, 0.3) is 0 Å². The van der Waals surface area contributed by atoms with Crippen LogP contribution in [0.25, 0.3) is 0 Å². The number of rotatable bonds is 2. The van der Waals surface area contributed by atoms with Gasteiger partial charge in [0.2, 0.25) is 0 Å². The zero-order chi connectivity index (χ0) is 15.4. The number of carbonyl (C=O) groups excluding carboxylic acids is 2. The summed E-state index contributed by atoms with van der Waals surface area (Å²) < 4.78 is 0. The molecule has 1 heterocycles. The maximum atomic E-state index is 12.1. The fourth-order valence-electron chi connectivity index (χ4n) is 2.47. The van der Waals surface area contributed by atoms with E-state index in [1.165, 1.54) is 0 Å². The van der Waals surface area contributed by atoms with Crippen molar-refractivity contribution in [3.8, 4) is 0 Å². The van der Waals surface area contributed by atoms with Crippen molar-refractivity contribution < 1.29 is 14.7 Å². The first kappa shape index (κ1) is 15.5. The third-order valence-electron chi connectivity index (χ3n) is 4.12. The number of benzene rings is 1. The lowest BCUT2D eigenvalue weighted by atomic mass is 9.98. The second-order valence-corrected chi connectivity index (χ2v) is 5.67. The smallest absolute Gasteiger partial charge is 0.313 e. The molecule has 0 unspecified atom stereocenters. The summed E-state index contributed by atoms with van der Waals surface area (Å²) in [4.78, 5) is 25.7. The topological polar surface area (TPSA) is 69.6 Å². The van der Waals surface area contributed by atoms with Gasteiger partial charge in [0.1, 0.15) is 0 Å². The SMILES string of the molecule is Cc1ccc(NC(=O)C(=O)N2CCC(CO)CC2)cc1C. The van der Waals surface area contributed by atoms with Crippen LogP contribution in [0.2, 0.25) is 0 Å². The number of hydrogen-bond acceptors (Lipinski definition) is 3. The molecule has 1 aromatic rings. The Morgan fingerprint density at radius 3 is 2.48 bits per heavy atom. The van der Waals surface area contributed by atoms with Crippen LogP contribution < -0.4 is 5.32 Å². The Morgan fingerprint density at radius 1 is 1.24 bits per heavy atom. The first-order valence-electron chi connectivity index (χ1n) is 7.29. The Morgan fingerprint density at radius 2 is 1.90 bits per heavy atom. The van der Waals surface area contributed by atoms with Crippen LogP contribution in [0.15, 0.2) is 18.2 Å². The number of piperidine rings is 1. The van der Waals surface area contributed by atoms with Gasteiger partial charge in [0.15, 0.2) is 0 Å². The van der Waals surface area contributed by atoms with E-state index in [9.17, 15) is 9.59 Å². The maximum Gasteiger partial charge on any atom is 0.313 e. The van der Waals surface area contributed by atoms with Crippen molar-refractivity contribution >= 4 is 17.5 Å². The Balaban J connectivity index is 1.93. The monoisotopic (exact) mass is 290 g/mol. The second kappa shape index (κ2) is 6.72. The fraction of sp³-hybridized carbons (Fsp3) is 0.500. The average molecular weight is 290 g/mol. The number of aliphatic hydroxyl groups excluding tert-OH is 1. The van der Waals surface area contributed by atoms with E-state index in [-0.39, 0.29) is 12.5 Å². The predicted molar refractivity (Wildman–Crippen MR) is 80.9 cm³/mol. The van der Waals surface area contributed by atoms with Crippen molar-refractivity contribution in [2.45, 2.75) is 26.7 Å². The van der Waals surface area contributed by atoms with Crippen LogP contribution >= 0.6 is 0 Å². The van der Waals surface area contributed by atoms with Crippen LogP contribution in [0, 0.1) is 19.8 Å². The number of likely N-dealkylation sites (tertiary alicyclic amines) is 1. The molecule has 0 aromatic heterocycles.